The molecule has 2 rings (SSSR count). The van der Waals surface area contributed by atoms with Gasteiger partial charge in [-0.2, -0.15) is 0 Å². The third kappa shape index (κ3) is 1.16. The lowest BCUT2D eigenvalue weighted by atomic mass is 10.3. The van der Waals surface area contributed by atoms with Crippen LogP contribution in [-0.2, 0) is 0 Å². The van der Waals surface area contributed by atoms with Crippen molar-refractivity contribution in [3.05, 3.63) is 24.3 Å². The summed E-state index contributed by atoms with van der Waals surface area (Å²) in [5.41, 5.74) is 1.70. The summed E-state index contributed by atoms with van der Waals surface area (Å²) in [5.74, 6) is 0. The first-order chi connectivity index (χ1) is 6.20. The Balaban J connectivity index is 2.78. The van der Waals surface area contributed by atoms with Crippen molar-refractivity contribution in [2.45, 2.75) is 19.9 Å². The standard InChI is InChI=1S/C10H12N2O/c1-7(2)12-9-6-4-3-5-8(9)11-10(12)13/h3-7H,1-2H3,(H,11,13)/p-1. The van der Waals surface area contributed by atoms with Crippen LogP contribution >= 0.6 is 0 Å². The van der Waals surface area contributed by atoms with Gasteiger partial charge in [-0.15, -0.1) is 0 Å². The Kier molecular flexibility index (Phi) is 1.72. The molecule has 0 saturated carbocycles. The number of imidazole rings is 1. The van der Waals surface area contributed by atoms with Crippen LogP contribution in [0, 0.1) is 0 Å². The van der Waals surface area contributed by atoms with Gasteiger partial charge >= 0.3 is 0 Å². The van der Waals surface area contributed by atoms with Gasteiger partial charge in [-0.25, -0.2) is 4.98 Å². The van der Waals surface area contributed by atoms with Crippen LogP contribution in [0.4, 0.5) is 0 Å². The van der Waals surface area contributed by atoms with E-state index < -0.39 is 0 Å². The van der Waals surface area contributed by atoms with Crippen LogP contribution < -0.4 is 5.11 Å². The number of benzene rings is 1. The first-order valence-corrected chi connectivity index (χ1v) is 4.34. The average molecular weight is 175 g/mol. The largest absolute Gasteiger partial charge is 0.846 e. The third-order valence-electron chi connectivity index (χ3n) is 2.08. The van der Waals surface area contributed by atoms with Crippen LogP contribution in [0.1, 0.15) is 19.9 Å². The van der Waals surface area contributed by atoms with E-state index in [1.165, 1.54) is 0 Å². The summed E-state index contributed by atoms with van der Waals surface area (Å²) in [6.45, 7) is 3.96. The minimum absolute atomic E-state index is 0.156. The van der Waals surface area contributed by atoms with Gasteiger partial charge in [-0.1, -0.05) is 12.1 Å². The molecule has 0 aliphatic rings. The molecule has 2 aromatic rings. The van der Waals surface area contributed by atoms with E-state index in [9.17, 15) is 5.11 Å². The minimum atomic E-state index is -0.156. The molecule has 3 nitrogen and oxygen atoms in total. The van der Waals surface area contributed by atoms with Gasteiger partial charge in [-0.05, 0) is 26.0 Å². The number of fused-ring (bicyclic) bond motifs is 1. The highest BCUT2D eigenvalue weighted by Crippen LogP contribution is 2.22. The highest BCUT2D eigenvalue weighted by atomic mass is 16.3. The summed E-state index contributed by atoms with van der Waals surface area (Å²) in [6.07, 6.45) is 0. The van der Waals surface area contributed by atoms with Gasteiger partial charge in [0.25, 0.3) is 0 Å². The van der Waals surface area contributed by atoms with E-state index in [1.807, 2.05) is 38.1 Å². The Bertz CT molecular complexity index is 431. The van der Waals surface area contributed by atoms with Crippen molar-refractivity contribution >= 4 is 11.0 Å². The zero-order valence-electron chi connectivity index (χ0n) is 7.69. The maximum Gasteiger partial charge on any atom is 0.0877 e. The quantitative estimate of drug-likeness (QED) is 0.661. The zero-order chi connectivity index (χ0) is 9.42. The van der Waals surface area contributed by atoms with Crippen molar-refractivity contribution in [3.63, 3.8) is 0 Å². The van der Waals surface area contributed by atoms with Crippen molar-refractivity contribution in [1.29, 1.82) is 0 Å². The van der Waals surface area contributed by atoms with Crippen molar-refractivity contribution in [3.8, 4) is 6.01 Å². The molecule has 0 amide bonds. The van der Waals surface area contributed by atoms with Gasteiger partial charge in [0, 0.05) is 6.04 Å². The second-order valence-electron chi connectivity index (χ2n) is 3.35. The molecule has 1 aromatic heterocycles. The maximum absolute atomic E-state index is 11.4. The molecular weight excluding hydrogens is 164 g/mol. The van der Waals surface area contributed by atoms with Crippen molar-refractivity contribution < 1.29 is 5.11 Å². The Labute approximate surface area is 76.6 Å². The van der Waals surface area contributed by atoms with E-state index in [4.69, 9.17) is 0 Å². The lowest BCUT2D eigenvalue weighted by Crippen LogP contribution is -2.06. The van der Waals surface area contributed by atoms with Gasteiger partial charge in [-0.3, -0.25) is 0 Å². The van der Waals surface area contributed by atoms with Crippen LogP contribution in [0.25, 0.3) is 11.0 Å². The molecule has 3 heteroatoms. The number of nitrogens with zero attached hydrogens (tertiary/aromatic N) is 2. The Morgan fingerprint density at radius 2 is 2.00 bits per heavy atom. The second kappa shape index (κ2) is 2.76. The summed E-state index contributed by atoms with van der Waals surface area (Å²) < 4.78 is 1.70. The van der Waals surface area contributed by atoms with Gasteiger partial charge in [0.05, 0.1) is 17.0 Å². The fraction of sp³-hybridized carbons (Fsp3) is 0.300. The highest BCUT2D eigenvalue weighted by molar-refractivity contribution is 5.76. The van der Waals surface area contributed by atoms with E-state index >= 15 is 0 Å². The molecule has 13 heavy (non-hydrogen) atoms. The molecule has 1 heterocycles. The van der Waals surface area contributed by atoms with E-state index in [0.29, 0.717) is 0 Å². The third-order valence-corrected chi connectivity index (χ3v) is 2.08. The summed E-state index contributed by atoms with van der Waals surface area (Å²) in [6, 6.07) is 7.59. The van der Waals surface area contributed by atoms with Gasteiger partial charge in [0.2, 0.25) is 0 Å². The van der Waals surface area contributed by atoms with Gasteiger partial charge < -0.3 is 9.67 Å². The molecule has 0 aliphatic carbocycles. The monoisotopic (exact) mass is 175 g/mol. The molecule has 0 atom stereocenters. The van der Waals surface area contributed by atoms with E-state index in [2.05, 4.69) is 4.98 Å². The number of para-hydroxylation sites is 2. The van der Waals surface area contributed by atoms with Crippen LogP contribution in [0.5, 0.6) is 6.01 Å². The average Bonchev–Trinajstić information content (AvgIpc) is 2.39. The van der Waals surface area contributed by atoms with Crippen molar-refractivity contribution in [1.82, 2.24) is 9.55 Å². The normalized spacial score (nSPS) is 11.3. The fourth-order valence-electron chi connectivity index (χ4n) is 1.52. The smallest absolute Gasteiger partial charge is 0.0877 e. The van der Waals surface area contributed by atoms with Crippen LogP contribution in [0.3, 0.4) is 0 Å². The summed E-state index contributed by atoms with van der Waals surface area (Å²) >= 11 is 0. The van der Waals surface area contributed by atoms with Gasteiger partial charge in [0.15, 0.2) is 0 Å². The van der Waals surface area contributed by atoms with E-state index in [0.717, 1.165) is 11.0 Å². The Hall–Kier alpha value is -1.51. The highest BCUT2D eigenvalue weighted by Gasteiger charge is 2.05. The zero-order valence-corrected chi connectivity index (χ0v) is 7.69. The van der Waals surface area contributed by atoms with Crippen LogP contribution in [0.15, 0.2) is 24.3 Å². The SMILES string of the molecule is CC(C)n1c([O-])nc2ccccc21. The molecule has 0 N–H and O–H groups in total. The summed E-state index contributed by atoms with van der Waals surface area (Å²) in [7, 11) is 0. The second-order valence-corrected chi connectivity index (χ2v) is 3.35. The van der Waals surface area contributed by atoms with E-state index in [-0.39, 0.29) is 12.1 Å². The molecular formula is C10H11N2O-. The molecule has 0 spiro atoms. The number of hydrogen-bond donors (Lipinski definition) is 0. The van der Waals surface area contributed by atoms with Crippen LogP contribution in [0.2, 0.25) is 0 Å². The fourth-order valence-corrected chi connectivity index (χ4v) is 1.52. The molecule has 68 valence electrons. The maximum atomic E-state index is 11.4. The summed E-state index contributed by atoms with van der Waals surface area (Å²) in [4.78, 5) is 3.94. The number of hydrogen-bond acceptors (Lipinski definition) is 2. The predicted octanol–water partition coefficient (Wildman–Crippen LogP) is 1.69. The molecule has 0 aliphatic heterocycles. The number of aromatic nitrogens is 2. The lowest BCUT2D eigenvalue weighted by molar-refractivity contribution is -0.285. The molecule has 1 aromatic carbocycles. The number of rotatable bonds is 1. The lowest BCUT2D eigenvalue weighted by Gasteiger charge is -2.14. The van der Waals surface area contributed by atoms with Crippen LogP contribution in [-0.4, -0.2) is 9.55 Å². The predicted molar refractivity (Wildman–Crippen MR) is 49.6 cm³/mol. The molecule has 0 radical (unpaired) electrons. The minimum Gasteiger partial charge on any atom is -0.846 e. The molecule has 0 bridgehead atoms. The van der Waals surface area contributed by atoms with Gasteiger partial charge in [0.1, 0.15) is 0 Å². The van der Waals surface area contributed by atoms with Crippen molar-refractivity contribution in [2.24, 2.45) is 0 Å². The van der Waals surface area contributed by atoms with Crippen molar-refractivity contribution in [2.75, 3.05) is 0 Å². The summed E-state index contributed by atoms with van der Waals surface area (Å²) in [5, 5.41) is 11.4. The van der Waals surface area contributed by atoms with E-state index in [1.54, 1.807) is 4.57 Å². The molecule has 0 saturated heterocycles. The Morgan fingerprint density at radius 3 is 2.69 bits per heavy atom. The first kappa shape index (κ1) is 8.10. The Morgan fingerprint density at radius 1 is 1.31 bits per heavy atom. The first-order valence-electron chi connectivity index (χ1n) is 4.34. The topological polar surface area (TPSA) is 40.9 Å². The molecule has 0 fully saturated rings. The molecule has 0 unspecified atom stereocenters.